The first-order chi connectivity index (χ1) is 7.40. The van der Waals surface area contributed by atoms with Crippen LogP contribution in [0.15, 0.2) is 0 Å². The quantitative estimate of drug-likeness (QED) is 0.745. The first-order valence-corrected chi connectivity index (χ1v) is 5.62. The second kappa shape index (κ2) is 5.50. The standard InChI is InChI=1S/C11H21NO4/c1-11(2,3)16-10(14)12-8-4-5-9(6-13)15-7-8/h8-9,13H,4-7H2,1-3H3,(H,12,14)/t8-,9-/m0/s1. The van der Waals surface area contributed by atoms with Gasteiger partial charge in [-0.25, -0.2) is 4.79 Å². The van der Waals surface area contributed by atoms with Crippen LogP contribution in [0, 0.1) is 0 Å². The molecule has 0 aliphatic carbocycles. The van der Waals surface area contributed by atoms with E-state index in [1.54, 1.807) is 0 Å². The van der Waals surface area contributed by atoms with Crippen molar-refractivity contribution in [3.05, 3.63) is 0 Å². The number of carbonyl (C=O) groups is 1. The molecule has 1 fully saturated rings. The van der Waals surface area contributed by atoms with Gasteiger partial charge >= 0.3 is 6.09 Å². The normalized spacial score (nSPS) is 26.2. The van der Waals surface area contributed by atoms with Crippen LogP contribution < -0.4 is 5.32 Å². The van der Waals surface area contributed by atoms with Crippen LogP contribution in [0.3, 0.4) is 0 Å². The average Bonchev–Trinajstić information content (AvgIpc) is 2.16. The molecule has 0 saturated carbocycles. The molecule has 1 aliphatic heterocycles. The highest BCUT2D eigenvalue weighted by Gasteiger charge is 2.24. The third-order valence-corrected chi connectivity index (χ3v) is 2.29. The molecule has 0 unspecified atom stereocenters. The monoisotopic (exact) mass is 231 g/mol. The van der Waals surface area contributed by atoms with Gasteiger partial charge in [0.1, 0.15) is 5.60 Å². The Bertz CT molecular complexity index is 229. The minimum Gasteiger partial charge on any atom is -0.444 e. The van der Waals surface area contributed by atoms with E-state index in [9.17, 15) is 4.79 Å². The van der Waals surface area contributed by atoms with Crippen LogP contribution in [0.2, 0.25) is 0 Å². The van der Waals surface area contributed by atoms with Crippen molar-refractivity contribution in [3.8, 4) is 0 Å². The Morgan fingerprint density at radius 3 is 2.62 bits per heavy atom. The largest absolute Gasteiger partial charge is 0.444 e. The fraction of sp³-hybridized carbons (Fsp3) is 0.909. The number of hydrogen-bond donors (Lipinski definition) is 2. The van der Waals surface area contributed by atoms with E-state index in [4.69, 9.17) is 14.6 Å². The first-order valence-electron chi connectivity index (χ1n) is 5.62. The molecule has 0 aromatic rings. The van der Waals surface area contributed by atoms with Gasteiger partial charge in [0.25, 0.3) is 0 Å². The van der Waals surface area contributed by atoms with E-state index < -0.39 is 11.7 Å². The molecule has 0 aromatic heterocycles. The maximum atomic E-state index is 11.4. The van der Waals surface area contributed by atoms with Crippen LogP contribution in [0.5, 0.6) is 0 Å². The smallest absolute Gasteiger partial charge is 0.407 e. The van der Waals surface area contributed by atoms with E-state index in [0.717, 1.165) is 12.8 Å². The molecular formula is C11H21NO4. The Hall–Kier alpha value is -0.810. The Labute approximate surface area is 96.1 Å². The minimum absolute atomic E-state index is 0.0161. The summed E-state index contributed by atoms with van der Waals surface area (Å²) < 4.78 is 10.5. The molecule has 0 spiro atoms. The molecule has 94 valence electrons. The fourth-order valence-corrected chi connectivity index (χ4v) is 1.54. The van der Waals surface area contributed by atoms with Gasteiger partial charge in [0.05, 0.1) is 25.4 Å². The van der Waals surface area contributed by atoms with Gasteiger partial charge in [-0.15, -0.1) is 0 Å². The van der Waals surface area contributed by atoms with Gasteiger partial charge in [0.2, 0.25) is 0 Å². The summed E-state index contributed by atoms with van der Waals surface area (Å²) in [6.45, 7) is 5.95. The first kappa shape index (κ1) is 13.3. The Morgan fingerprint density at radius 2 is 2.19 bits per heavy atom. The van der Waals surface area contributed by atoms with Crippen molar-refractivity contribution in [2.24, 2.45) is 0 Å². The maximum absolute atomic E-state index is 11.4. The van der Waals surface area contributed by atoms with E-state index in [1.165, 1.54) is 0 Å². The number of nitrogens with one attached hydrogen (secondary N) is 1. The molecule has 1 rings (SSSR count). The zero-order valence-electron chi connectivity index (χ0n) is 10.2. The van der Waals surface area contributed by atoms with Gasteiger partial charge in [-0.3, -0.25) is 0 Å². The summed E-state index contributed by atoms with van der Waals surface area (Å²) in [6.07, 6.45) is 1.07. The van der Waals surface area contributed by atoms with E-state index in [0.29, 0.717) is 6.61 Å². The molecule has 1 heterocycles. The van der Waals surface area contributed by atoms with Crippen molar-refractivity contribution < 1.29 is 19.4 Å². The zero-order chi connectivity index (χ0) is 12.2. The van der Waals surface area contributed by atoms with Crippen LogP contribution in [0.1, 0.15) is 33.6 Å². The fourth-order valence-electron chi connectivity index (χ4n) is 1.54. The number of hydrogen-bond acceptors (Lipinski definition) is 4. The molecule has 16 heavy (non-hydrogen) atoms. The molecule has 5 heteroatoms. The summed E-state index contributed by atoms with van der Waals surface area (Å²) in [5, 5.41) is 11.6. The van der Waals surface area contributed by atoms with Gasteiger partial charge in [-0.1, -0.05) is 0 Å². The summed E-state index contributed by atoms with van der Waals surface area (Å²) in [5.74, 6) is 0. The third-order valence-electron chi connectivity index (χ3n) is 2.29. The molecule has 1 amide bonds. The van der Waals surface area contributed by atoms with Gasteiger partial charge in [0, 0.05) is 0 Å². The molecular weight excluding hydrogens is 210 g/mol. The average molecular weight is 231 g/mol. The minimum atomic E-state index is -0.479. The van der Waals surface area contributed by atoms with Crippen molar-refractivity contribution in [2.45, 2.75) is 51.4 Å². The number of amides is 1. The molecule has 1 aliphatic rings. The van der Waals surface area contributed by atoms with Gasteiger partial charge in [-0.05, 0) is 33.6 Å². The summed E-state index contributed by atoms with van der Waals surface area (Å²) >= 11 is 0. The SMILES string of the molecule is CC(C)(C)OC(=O)N[C@H]1CC[C@@H](CO)OC1. The predicted molar refractivity (Wildman–Crippen MR) is 59.2 cm³/mol. The molecule has 0 bridgehead atoms. The van der Waals surface area contributed by atoms with Crippen LogP contribution in [0.4, 0.5) is 4.79 Å². The number of rotatable bonds is 2. The van der Waals surface area contributed by atoms with E-state index in [-0.39, 0.29) is 18.8 Å². The van der Waals surface area contributed by atoms with E-state index in [1.807, 2.05) is 20.8 Å². The second-order valence-electron chi connectivity index (χ2n) is 5.06. The van der Waals surface area contributed by atoms with Crippen LogP contribution in [-0.4, -0.2) is 42.2 Å². The number of ether oxygens (including phenoxy) is 2. The van der Waals surface area contributed by atoms with E-state index >= 15 is 0 Å². The summed E-state index contributed by atoms with van der Waals surface area (Å²) in [5.41, 5.74) is -0.479. The molecule has 0 radical (unpaired) electrons. The lowest BCUT2D eigenvalue weighted by Crippen LogP contribution is -2.45. The maximum Gasteiger partial charge on any atom is 0.407 e. The van der Waals surface area contributed by atoms with Gasteiger partial charge < -0.3 is 19.9 Å². The highest BCUT2D eigenvalue weighted by Crippen LogP contribution is 2.14. The van der Waals surface area contributed by atoms with Crippen LogP contribution in [-0.2, 0) is 9.47 Å². The summed E-state index contributed by atoms with van der Waals surface area (Å²) in [7, 11) is 0. The van der Waals surface area contributed by atoms with Crippen molar-refractivity contribution >= 4 is 6.09 Å². The Morgan fingerprint density at radius 1 is 1.50 bits per heavy atom. The lowest BCUT2D eigenvalue weighted by molar-refractivity contribution is -0.0336. The Kier molecular flexibility index (Phi) is 4.56. The topological polar surface area (TPSA) is 67.8 Å². The molecule has 2 atom stereocenters. The summed E-state index contributed by atoms with van der Waals surface area (Å²) in [6, 6.07) is -0.0161. The number of aliphatic hydroxyl groups is 1. The summed E-state index contributed by atoms with van der Waals surface area (Å²) in [4.78, 5) is 11.4. The van der Waals surface area contributed by atoms with Crippen LogP contribution in [0.25, 0.3) is 0 Å². The zero-order valence-corrected chi connectivity index (χ0v) is 10.2. The van der Waals surface area contributed by atoms with Gasteiger partial charge in [-0.2, -0.15) is 0 Å². The number of aliphatic hydroxyl groups excluding tert-OH is 1. The van der Waals surface area contributed by atoms with Crippen molar-refractivity contribution in [2.75, 3.05) is 13.2 Å². The highest BCUT2D eigenvalue weighted by molar-refractivity contribution is 5.68. The van der Waals surface area contributed by atoms with E-state index in [2.05, 4.69) is 5.32 Å². The molecule has 1 saturated heterocycles. The number of carbonyl (C=O) groups excluding carboxylic acids is 1. The van der Waals surface area contributed by atoms with Crippen LogP contribution >= 0.6 is 0 Å². The van der Waals surface area contributed by atoms with Crippen molar-refractivity contribution in [1.82, 2.24) is 5.32 Å². The van der Waals surface area contributed by atoms with Crippen molar-refractivity contribution in [3.63, 3.8) is 0 Å². The third kappa shape index (κ3) is 4.81. The number of alkyl carbamates (subject to hydrolysis) is 1. The second-order valence-corrected chi connectivity index (χ2v) is 5.06. The van der Waals surface area contributed by atoms with Crippen molar-refractivity contribution in [1.29, 1.82) is 0 Å². The lowest BCUT2D eigenvalue weighted by atomic mass is 10.1. The Balaban J connectivity index is 2.26. The molecule has 2 N–H and O–H groups in total. The van der Waals surface area contributed by atoms with Gasteiger partial charge in [0.15, 0.2) is 0 Å². The highest BCUT2D eigenvalue weighted by atomic mass is 16.6. The molecule has 5 nitrogen and oxygen atoms in total. The predicted octanol–water partition coefficient (Wildman–Crippen LogP) is 1.05. The lowest BCUT2D eigenvalue weighted by Gasteiger charge is -2.29. The molecule has 0 aromatic carbocycles.